The Bertz CT molecular complexity index is 836. The van der Waals surface area contributed by atoms with Gasteiger partial charge in [-0.3, -0.25) is 0 Å². The van der Waals surface area contributed by atoms with Crippen LogP contribution in [0.1, 0.15) is 81.1 Å². The minimum absolute atomic E-state index is 0.0307. The van der Waals surface area contributed by atoms with Gasteiger partial charge in [-0.2, -0.15) is 0 Å². The fraction of sp³-hybridized carbons (Fsp3) is 1.00. The molecule has 0 aromatic carbocycles. The number of hydrogen-bond donors (Lipinski definition) is 8. The Morgan fingerprint density at radius 1 is 0.756 bits per heavy atom. The highest BCUT2D eigenvalue weighted by Crippen LogP contribution is 2.53. The van der Waals surface area contributed by atoms with E-state index in [4.69, 9.17) is 29.4 Å². The lowest BCUT2D eigenvalue weighted by atomic mass is 9.58. The molecule has 0 amide bonds. The summed E-state index contributed by atoms with van der Waals surface area (Å²) in [6, 6.07) is 0. The Kier molecular flexibility index (Phi) is 17.3. The zero-order valence-electron chi connectivity index (χ0n) is 29.7. The molecular weight excluding hydrogens is 584 g/mol. The van der Waals surface area contributed by atoms with E-state index < -0.39 is 39.4 Å². The highest BCUT2D eigenvalue weighted by molar-refractivity contribution is 5.23. The van der Waals surface area contributed by atoms with E-state index in [1.54, 1.807) is 20.8 Å². The molecule has 7 atom stereocenters. The van der Waals surface area contributed by atoms with Crippen molar-refractivity contribution in [3.8, 4) is 0 Å². The summed E-state index contributed by atoms with van der Waals surface area (Å²) in [5.74, 6) is -1.26. The van der Waals surface area contributed by atoms with Crippen LogP contribution in [0, 0.1) is 0 Å². The summed E-state index contributed by atoms with van der Waals surface area (Å²) in [7, 11) is 1.48. The maximum Gasteiger partial charge on any atom is 0.189 e. The third kappa shape index (κ3) is 11.0. The van der Waals surface area contributed by atoms with Gasteiger partial charge in [0.1, 0.15) is 33.6 Å². The number of nitrogens with two attached hydrogens (primary N) is 1. The van der Waals surface area contributed by atoms with Gasteiger partial charge in [-0.05, 0) is 120 Å². The van der Waals surface area contributed by atoms with Crippen LogP contribution in [-0.2, 0) is 23.7 Å². The van der Waals surface area contributed by atoms with Crippen LogP contribution in [0.2, 0.25) is 0 Å². The number of ether oxygens (including phenoxy) is 5. The van der Waals surface area contributed by atoms with Gasteiger partial charge in [-0.15, -0.1) is 0 Å². The molecule has 1 aliphatic heterocycles. The van der Waals surface area contributed by atoms with Crippen molar-refractivity contribution in [2.45, 2.75) is 120 Å². The van der Waals surface area contributed by atoms with E-state index >= 15 is 0 Å². The number of aliphatic hydroxyl groups excluding tert-OH is 1. The molecule has 0 aromatic rings. The van der Waals surface area contributed by atoms with E-state index in [9.17, 15) is 20.4 Å². The first-order valence-electron chi connectivity index (χ1n) is 16.6. The average Bonchev–Trinajstić information content (AvgIpc) is 2.94. The molecule has 0 aromatic heterocycles. The van der Waals surface area contributed by atoms with Crippen molar-refractivity contribution >= 4 is 0 Å². The molecule has 9 N–H and O–H groups in total. The summed E-state index contributed by atoms with van der Waals surface area (Å²) < 4.78 is 30.0. The van der Waals surface area contributed by atoms with E-state index in [1.807, 2.05) is 13.8 Å². The molecule has 1 aliphatic rings. The predicted molar refractivity (Wildman–Crippen MR) is 175 cm³/mol. The van der Waals surface area contributed by atoms with E-state index in [2.05, 4.69) is 16.0 Å². The van der Waals surface area contributed by atoms with Crippen molar-refractivity contribution in [2.75, 3.05) is 86.0 Å². The summed E-state index contributed by atoms with van der Waals surface area (Å²) in [6.45, 7) is 18.5. The molecular formula is C32H68N4O9. The Hall–Kier alpha value is -0.520. The first kappa shape index (κ1) is 42.5. The number of unbranched alkanes of at least 4 members (excludes halogenated alkanes) is 1. The number of methoxy groups -OCH3 is 1. The SMILES string of the molecule is CCO[C@](C)(CO)OC(C)(CNCCCNCCCCNCCCN)COC[C@@]1(C)OC(C)(COC)[C@](C)(O)[C@](C)(O)C1(C)O. The van der Waals surface area contributed by atoms with Gasteiger partial charge >= 0.3 is 0 Å². The Morgan fingerprint density at radius 3 is 1.78 bits per heavy atom. The topological polar surface area (TPSA) is 189 Å². The second kappa shape index (κ2) is 18.3. The van der Waals surface area contributed by atoms with Gasteiger partial charge < -0.3 is 65.8 Å². The molecule has 45 heavy (non-hydrogen) atoms. The van der Waals surface area contributed by atoms with E-state index in [-0.39, 0.29) is 26.4 Å². The molecule has 0 saturated carbocycles. The highest BCUT2D eigenvalue weighted by Gasteiger charge is 2.73. The van der Waals surface area contributed by atoms with Gasteiger partial charge in [-0.25, -0.2) is 0 Å². The first-order chi connectivity index (χ1) is 20.9. The quantitative estimate of drug-likeness (QED) is 0.0496. The van der Waals surface area contributed by atoms with Crippen LogP contribution >= 0.6 is 0 Å². The second-order valence-corrected chi connectivity index (χ2v) is 13.9. The van der Waals surface area contributed by atoms with Crippen molar-refractivity contribution in [3.05, 3.63) is 0 Å². The number of aliphatic hydroxyl groups is 4. The van der Waals surface area contributed by atoms with Crippen LogP contribution in [0.5, 0.6) is 0 Å². The third-order valence-corrected chi connectivity index (χ3v) is 9.53. The summed E-state index contributed by atoms with van der Waals surface area (Å²) in [5.41, 5.74) is -4.04. The predicted octanol–water partition coefficient (Wildman–Crippen LogP) is 0.258. The number of nitrogens with one attached hydrogen (secondary N) is 3. The van der Waals surface area contributed by atoms with Gasteiger partial charge in [0.05, 0.1) is 26.4 Å². The molecule has 1 heterocycles. The van der Waals surface area contributed by atoms with Crippen LogP contribution < -0.4 is 21.7 Å². The van der Waals surface area contributed by atoms with Crippen molar-refractivity contribution in [3.63, 3.8) is 0 Å². The van der Waals surface area contributed by atoms with Crippen molar-refractivity contribution in [1.82, 2.24) is 16.0 Å². The molecule has 1 rings (SSSR count). The fourth-order valence-corrected chi connectivity index (χ4v) is 6.00. The molecule has 0 aliphatic carbocycles. The van der Waals surface area contributed by atoms with Crippen LogP contribution in [0.4, 0.5) is 0 Å². The van der Waals surface area contributed by atoms with Crippen molar-refractivity contribution < 1.29 is 44.1 Å². The largest absolute Gasteiger partial charge is 0.391 e. The zero-order chi connectivity index (χ0) is 34.5. The summed E-state index contributed by atoms with van der Waals surface area (Å²) in [5, 5.41) is 55.0. The molecule has 0 bridgehead atoms. The molecule has 1 saturated heterocycles. The smallest absolute Gasteiger partial charge is 0.189 e. The second-order valence-electron chi connectivity index (χ2n) is 13.9. The molecule has 13 heteroatoms. The van der Waals surface area contributed by atoms with Crippen molar-refractivity contribution in [1.29, 1.82) is 0 Å². The first-order valence-corrected chi connectivity index (χ1v) is 16.6. The fourth-order valence-electron chi connectivity index (χ4n) is 6.00. The maximum atomic E-state index is 11.7. The van der Waals surface area contributed by atoms with Crippen LogP contribution in [0.3, 0.4) is 0 Å². The van der Waals surface area contributed by atoms with E-state index in [0.717, 1.165) is 65.0 Å². The molecule has 0 radical (unpaired) electrons. The van der Waals surface area contributed by atoms with Crippen molar-refractivity contribution in [2.24, 2.45) is 5.73 Å². The van der Waals surface area contributed by atoms with E-state index in [0.29, 0.717) is 13.2 Å². The molecule has 1 fully saturated rings. The number of hydrogen-bond acceptors (Lipinski definition) is 13. The summed E-state index contributed by atoms with van der Waals surface area (Å²) in [6.07, 6.45) is 4.15. The normalized spacial score (nSPS) is 33.2. The lowest BCUT2D eigenvalue weighted by Crippen LogP contribution is -2.85. The standard InChI is InChI=1S/C32H68N4O9/c1-10-43-29(5,22-37)44-26(2,21-36-20-14-19-35-17-12-11-16-34-18-13-15-33)23-42-25-28(4)31(7,39)32(8,40)30(6,38)27(3,45-28)24-41-9/h34-40H,10-25,33H2,1-9H3/t26?,27?,28-,29+,30+,31?,32+/m1/s1. The number of rotatable bonds is 25. The van der Waals surface area contributed by atoms with Gasteiger partial charge in [0.2, 0.25) is 0 Å². The Labute approximate surface area is 272 Å². The van der Waals surface area contributed by atoms with E-state index in [1.165, 1.54) is 27.9 Å². The molecule has 0 spiro atoms. The summed E-state index contributed by atoms with van der Waals surface area (Å²) >= 11 is 0. The van der Waals surface area contributed by atoms with Gasteiger partial charge in [0.25, 0.3) is 0 Å². The molecule has 13 nitrogen and oxygen atoms in total. The van der Waals surface area contributed by atoms with Gasteiger partial charge in [-0.1, -0.05) is 0 Å². The van der Waals surface area contributed by atoms with Gasteiger partial charge in [0, 0.05) is 20.3 Å². The molecule has 3 unspecified atom stereocenters. The minimum Gasteiger partial charge on any atom is -0.391 e. The third-order valence-electron chi connectivity index (χ3n) is 9.53. The Balaban J connectivity index is 2.83. The Morgan fingerprint density at radius 2 is 1.27 bits per heavy atom. The lowest BCUT2D eigenvalue weighted by Gasteiger charge is -2.65. The lowest BCUT2D eigenvalue weighted by molar-refractivity contribution is -0.409. The monoisotopic (exact) mass is 652 g/mol. The van der Waals surface area contributed by atoms with Crippen LogP contribution in [0.25, 0.3) is 0 Å². The average molecular weight is 653 g/mol. The van der Waals surface area contributed by atoms with Gasteiger partial charge in [0.15, 0.2) is 5.79 Å². The summed E-state index contributed by atoms with van der Waals surface area (Å²) in [4.78, 5) is 0. The minimum atomic E-state index is -2.00. The highest BCUT2D eigenvalue weighted by atomic mass is 16.7. The van der Waals surface area contributed by atoms with Crippen LogP contribution in [0.15, 0.2) is 0 Å². The van der Waals surface area contributed by atoms with Crippen LogP contribution in [-0.4, -0.2) is 146 Å². The molecule has 270 valence electrons. The zero-order valence-corrected chi connectivity index (χ0v) is 29.7. The maximum absolute atomic E-state index is 11.7.